The second kappa shape index (κ2) is 7.33. The zero-order valence-corrected chi connectivity index (χ0v) is 11.8. The number of nitro groups is 1. The molecule has 0 radical (unpaired) electrons. The molecule has 2 aromatic carbocycles. The third-order valence-corrected chi connectivity index (χ3v) is 3.19. The van der Waals surface area contributed by atoms with Crippen LogP contribution >= 0.6 is 0 Å². The van der Waals surface area contributed by atoms with Crippen LogP contribution in [-0.2, 0) is 13.0 Å². The Morgan fingerprint density at radius 2 is 1.82 bits per heavy atom. The highest BCUT2D eigenvalue weighted by molar-refractivity contribution is 5.84. The highest BCUT2D eigenvalue weighted by Gasteiger charge is 2.08. The number of aliphatic hydroxyl groups excluding tert-OH is 1. The van der Waals surface area contributed by atoms with Crippen molar-refractivity contribution in [2.24, 2.45) is 4.99 Å². The largest absolute Gasteiger partial charge is 0.507 e. The van der Waals surface area contributed by atoms with E-state index in [1.165, 1.54) is 24.4 Å². The average Bonchev–Trinajstić information content (AvgIpc) is 2.53. The SMILES string of the molecule is O=[N+]([O-])c1ccc(O)c(C=NCCc2ccc(CO)cc2)c1. The molecule has 0 aliphatic rings. The number of hydrogen-bond donors (Lipinski definition) is 2. The van der Waals surface area contributed by atoms with E-state index in [-0.39, 0.29) is 18.0 Å². The quantitative estimate of drug-likeness (QED) is 0.486. The van der Waals surface area contributed by atoms with Gasteiger partial charge in [0.2, 0.25) is 0 Å². The highest BCUT2D eigenvalue weighted by atomic mass is 16.6. The Morgan fingerprint density at radius 3 is 2.45 bits per heavy atom. The van der Waals surface area contributed by atoms with E-state index < -0.39 is 4.92 Å². The van der Waals surface area contributed by atoms with Crippen molar-refractivity contribution in [3.8, 4) is 5.75 Å². The molecule has 6 heteroatoms. The summed E-state index contributed by atoms with van der Waals surface area (Å²) in [6.45, 7) is 0.519. The first-order chi connectivity index (χ1) is 10.6. The summed E-state index contributed by atoms with van der Waals surface area (Å²) in [6, 6.07) is 11.4. The van der Waals surface area contributed by atoms with Crippen molar-refractivity contribution in [1.82, 2.24) is 0 Å². The number of benzene rings is 2. The Labute approximate surface area is 127 Å². The molecule has 0 heterocycles. The number of nitro benzene ring substituents is 1. The van der Waals surface area contributed by atoms with Gasteiger partial charge in [-0.25, -0.2) is 0 Å². The maximum absolute atomic E-state index is 10.7. The van der Waals surface area contributed by atoms with Crippen LogP contribution < -0.4 is 0 Å². The van der Waals surface area contributed by atoms with Gasteiger partial charge in [-0.05, 0) is 23.6 Å². The zero-order valence-electron chi connectivity index (χ0n) is 11.8. The van der Waals surface area contributed by atoms with Crippen molar-refractivity contribution in [3.05, 3.63) is 69.3 Å². The molecule has 114 valence electrons. The molecule has 2 N–H and O–H groups in total. The fourth-order valence-electron chi connectivity index (χ4n) is 1.93. The topological polar surface area (TPSA) is 96.0 Å². The standard InChI is InChI=1S/C16H16N2O4/c19-11-13-3-1-12(2-4-13)7-8-17-10-14-9-15(18(21)22)5-6-16(14)20/h1-6,9-10,19-20H,7-8,11H2. The molecule has 0 bridgehead atoms. The van der Waals surface area contributed by atoms with Crippen molar-refractivity contribution in [3.63, 3.8) is 0 Å². The summed E-state index contributed by atoms with van der Waals surface area (Å²) < 4.78 is 0. The fraction of sp³-hybridized carbons (Fsp3) is 0.188. The van der Waals surface area contributed by atoms with Crippen LogP contribution in [0.1, 0.15) is 16.7 Å². The summed E-state index contributed by atoms with van der Waals surface area (Å²) in [7, 11) is 0. The lowest BCUT2D eigenvalue weighted by Gasteiger charge is -2.01. The molecule has 0 unspecified atom stereocenters. The van der Waals surface area contributed by atoms with E-state index in [4.69, 9.17) is 5.11 Å². The Hall–Kier alpha value is -2.73. The van der Waals surface area contributed by atoms with Crippen LogP contribution in [0.15, 0.2) is 47.5 Å². The van der Waals surface area contributed by atoms with Crippen molar-refractivity contribution < 1.29 is 15.1 Å². The number of rotatable bonds is 6. The minimum Gasteiger partial charge on any atom is -0.507 e. The molecule has 0 aliphatic heterocycles. The molecule has 0 amide bonds. The average molecular weight is 300 g/mol. The van der Waals surface area contributed by atoms with Gasteiger partial charge >= 0.3 is 0 Å². The van der Waals surface area contributed by atoms with Crippen LogP contribution in [0.2, 0.25) is 0 Å². The number of aliphatic hydroxyl groups is 1. The van der Waals surface area contributed by atoms with Crippen LogP contribution in [0.3, 0.4) is 0 Å². The third-order valence-electron chi connectivity index (χ3n) is 3.19. The van der Waals surface area contributed by atoms with Gasteiger partial charge in [0.05, 0.1) is 11.5 Å². The first kappa shape index (κ1) is 15.7. The van der Waals surface area contributed by atoms with E-state index in [9.17, 15) is 15.2 Å². The van der Waals surface area contributed by atoms with Gasteiger partial charge in [0.1, 0.15) is 5.75 Å². The highest BCUT2D eigenvalue weighted by Crippen LogP contribution is 2.21. The Kier molecular flexibility index (Phi) is 5.21. The lowest BCUT2D eigenvalue weighted by atomic mass is 10.1. The molecule has 0 aliphatic carbocycles. The molecule has 0 fully saturated rings. The molecule has 22 heavy (non-hydrogen) atoms. The van der Waals surface area contributed by atoms with E-state index in [0.29, 0.717) is 18.5 Å². The van der Waals surface area contributed by atoms with E-state index in [2.05, 4.69) is 4.99 Å². The molecule has 0 atom stereocenters. The summed E-state index contributed by atoms with van der Waals surface area (Å²) >= 11 is 0. The predicted molar refractivity (Wildman–Crippen MR) is 83.3 cm³/mol. The summed E-state index contributed by atoms with van der Waals surface area (Å²) in [5, 5.41) is 29.3. The maximum atomic E-state index is 10.7. The van der Waals surface area contributed by atoms with Crippen LogP contribution in [0.4, 0.5) is 5.69 Å². The number of aliphatic imine (C=N–C) groups is 1. The molecule has 0 aromatic heterocycles. The molecule has 0 saturated heterocycles. The van der Waals surface area contributed by atoms with E-state index >= 15 is 0 Å². The van der Waals surface area contributed by atoms with E-state index in [1.54, 1.807) is 0 Å². The van der Waals surface area contributed by atoms with E-state index in [0.717, 1.165) is 11.1 Å². The van der Waals surface area contributed by atoms with Gasteiger partial charge in [-0.1, -0.05) is 24.3 Å². The normalized spacial score (nSPS) is 11.0. The second-order valence-electron chi connectivity index (χ2n) is 4.76. The van der Waals surface area contributed by atoms with Crippen LogP contribution in [-0.4, -0.2) is 27.9 Å². The monoisotopic (exact) mass is 300 g/mol. The van der Waals surface area contributed by atoms with Crippen molar-refractivity contribution in [1.29, 1.82) is 0 Å². The number of phenolic OH excluding ortho intramolecular Hbond substituents is 1. The van der Waals surface area contributed by atoms with Crippen molar-refractivity contribution in [2.45, 2.75) is 13.0 Å². The van der Waals surface area contributed by atoms with Crippen LogP contribution in [0.5, 0.6) is 5.75 Å². The zero-order chi connectivity index (χ0) is 15.9. The van der Waals surface area contributed by atoms with Crippen LogP contribution in [0.25, 0.3) is 0 Å². The molecule has 2 rings (SSSR count). The maximum Gasteiger partial charge on any atom is 0.270 e. The van der Waals surface area contributed by atoms with Gasteiger partial charge in [0.15, 0.2) is 0 Å². The molecular weight excluding hydrogens is 284 g/mol. The summed E-state index contributed by atoms with van der Waals surface area (Å²) in [6.07, 6.45) is 2.14. The summed E-state index contributed by atoms with van der Waals surface area (Å²) in [5.74, 6) is -0.0401. The van der Waals surface area contributed by atoms with Crippen molar-refractivity contribution >= 4 is 11.9 Å². The molecule has 2 aromatic rings. The lowest BCUT2D eigenvalue weighted by molar-refractivity contribution is -0.384. The Morgan fingerprint density at radius 1 is 1.14 bits per heavy atom. The number of hydrogen-bond acceptors (Lipinski definition) is 5. The molecule has 0 spiro atoms. The minimum atomic E-state index is -0.514. The molecule has 6 nitrogen and oxygen atoms in total. The molecular formula is C16H16N2O4. The summed E-state index contributed by atoms with van der Waals surface area (Å²) in [5.41, 5.74) is 2.18. The fourth-order valence-corrected chi connectivity index (χ4v) is 1.93. The van der Waals surface area contributed by atoms with Gasteiger partial charge in [-0.3, -0.25) is 15.1 Å². The number of non-ortho nitro benzene ring substituents is 1. The number of phenols is 1. The van der Waals surface area contributed by atoms with Crippen molar-refractivity contribution in [2.75, 3.05) is 6.54 Å². The molecule has 0 saturated carbocycles. The first-order valence-electron chi connectivity index (χ1n) is 6.76. The minimum absolute atomic E-state index is 0.0183. The van der Waals surface area contributed by atoms with Gasteiger partial charge < -0.3 is 10.2 Å². The van der Waals surface area contributed by atoms with Gasteiger partial charge in [-0.2, -0.15) is 0 Å². The Bertz CT molecular complexity index is 681. The lowest BCUT2D eigenvalue weighted by Crippen LogP contribution is -1.93. The Balaban J connectivity index is 1.97. The van der Waals surface area contributed by atoms with Gasteiger partial charge in [0, 0.05) is 30.5 Å². The van der Waals surface area contributed by atoms with Crippen LogP contribution in [0, 0.1) is 10.1 Å². The smallest absolute Gasteiger partial charge is 0.270 e. The number of aromatic hydroxyl groups is 1. The van der Waals surface area contributed by atoms with Gasteiger partial charge in [-0.15, -0.1) is 0 Å². The van der Waals surface area contributed by atoms with Gasteiger partial charge in [0.25, 0.3) is 5.69 Å². The predicted octanol–water partition coefficient (Wildman–Crippen LogP) is 2.45. The number of nitrogens with zero attached hydrogens (tertiary/aromatic N) is 2. The summed E-state index contributed by atoms with van der Waals surface area (Å²) in [4.78, 5) is 14.4. The van der Waals surface area contributed by atoms with E-state index in [1.807, 2.05) is 24.3 Å². The first-order valence-corrected chi connectivity index (χ1v) is 6.76. The second-order valence-corrected chi connectivity index (χ2v) is 4.76. The third kappa shape index (κ3) is 4.13.